The number of ether oxygens (including phenoxy) is 4. The standard InChI is InChI=1S/C31H31BrN2O5/c1-36-25-14-12-19(17-27(25)38-3)16-20-8-7-10-23-29(20)33-34(31(35)22-9-5-6-11-24(22)32)30(23)21-13-15-26(37-2)28(18-21)39-4/h5-6,9,11-18,23,30H,7-8,10H2,1-4H3/b20-16+/t23-,30-/m0/s1. The van der Waals surface area contributed by atoms with Crippen LogP contribution in [0.1, 0.15) is 46.8 Å². The number of amides is 1. The summed E-state index contributed by atoms with van der Waals surface area (Å²) >= 11 is 3.55. The van der Waals surface area contributed by atoms with Crippen LogP contribution in [0, 0.1) is 5.92 Å². The first-order chi connectivity index (χ1) is 19.0. The molecule has 0 radical (unpaired) electrons. The summed E-state index contributed by atoms with van der Waals surface area (Å²) in [7, 11) is 6.49. The van der Waals surface area contributed by atoms with Crippen molar-refractivity contribution in [1.29, 1.82) is 0 Å². The predicted molar refractivity (Wildman–Crippen MR) is 155 cm³/mol. The normalized spacial score (nSPS) is 19.4. The number of halogens is 1. The lowest BCUT2D eigenvalue weighted by atomic mass is 9.77. The molecule has 1 heterocycles. The Balaban J connectivity index is 1.60. The van der Waals surface area contributed by atoms with Crippen molar-refractivity contribution in [1.82, 2.24) is 5.01 Å². The van der Waals surface area contributed by atoms with Crippen LogP contribution in [0.25, 0.3) is 6.08 Å². The fourth-order valence-corrected chi connectivity index (χ4v) is 5.89. The lowest BCUT2D eigenvalue weighted by Gasteiger charge is -2.30. The Morgan fingerprint density at radius 3 is 2.26 bits per heavy atom. The molecule has 1 amide bonds. The SMILES string of the molecule is COc1ccc(/C=C2\CCC[C@H]3C2=NN(C(=O)c2ccccc2Br)[C@H]3c2ccc(OC)c(OC)c2)cc1OC. The number of hydrazone groups is 1. The molecule has 0 N–H and O–H groups in total. The summed E-state index contributed by atoms with van der Waals surface area (Å²) in [5.74, 6) is 2.49. The summed E-state index contributed by atoms with van der Waals surface area (Å²) in [6, 6.07) is 18.9. The highest BCUT2D eigenvalue weighted by Gasteiger charge is 2.44. The van der Waals surface area contributed by atoms with Gasteiger partial charge in [0.2, 0.25) is 0 Å². The minimum atomic E-state index is -0.284. The smallest absolute Gasteiger partial charge is 0.275 e. The molecule has 1 aliphatic carbocycles. The van der Waals surface area contributed by atoms with Crippen LogP contribution in [0.3, 0.4) is 0 Å². The number of hydrogen-bond acceptors (Lipinski definition) is 6. The average Bonchev–Trinajstić information content (AvgIpc) is 3.37. The van der Waals surface area contributed by atoms with Crippen LogP contribution in [0.4, 0.5) is 0 Å². The van der Waals surface area contributed by atoms with Gasteiger partial charge in [-0.15, -0.1) is 0 Å². The summed E-state index contributed by atoms with van der Waals surface area (Å²) in [5.41, 5.74) is 4.56. The van der Waals surface area contributed by atoms with E-state index in [1.807, 2.05) is 60.7 Å². The van der Waals surface area contributed by atoms with Gasteiger partial charge in [0.15, 0.2) is 23.0 Å². The fourth-order valence-electron chi connectivity index (χ4n) is 5.44. The number of rotatable bonds is 7. The zero-order chi connectivity index (χ0) is 27.5. The second-order valence-corrected chi connectivity index (χ2v) is 10.3. The van der Waals surface area contributed by atoms with Crippen molar-refractivity contribution in [2.75, 3.05) is 28.4 Å². The average molecular weight is 592 g/mol. The summed E-state index contributed by atoms with van der Waals surface area (Å²) in [6.45, 7) is 0. The quantitative estimate of drug-likeness (QED) is 0.299. The molecule has 1 saturated carbocycles. The number of carbonyl (C=O) groups is 1. The zero-order valence-corrected chi connectivity index (χ0v) is 24.0. The molecule has 3 aromatic rings. The van der Waals surface area contributed by atoms with Gasteiger partial charge < -0.3 is 18.9 Å². The minimum Gasteiger partial charge on any atom is -0.493 e. The van der Waals surface area contributed by atoms with E-state index in [1.54, 1.807) is 33.4 Å². The molecule has 8 heteroatoms. The molecule has 2 aliphatic rings. The topological polar surface area (TPSA) is 69.6 Å². The van der Waals surface area contributed by atoms with Gasteiger partial charge in [-0.2, -0.15) is 5.10 Å². The van der Waals surface area contributed by atoms with E-state index in [4.69, 9.17) is 24.0 Å². The van der Waals surface area contributed by atoms with Gasteiger partial charge in [-0.05, 0) is 94.4 Å². The highest BCUT2D eigenvalue weighted by molar-refractivity contribution is 9.10. The Bertz CT molecular complexity index is 1450. The van der Waals surface area contributed by atoms with Gasteiger partial charge in [0.05, 0.1) is 45.8 Å². The highest BCUT2D eigenvalue weighted by Crippen LogP contribution is 2.46. The number of fused-ring (bicyclic) bond motifs is 1. The maximum absolute atomic E-state index is 14.0. The first kappa shape index (κ1) is 26.8. The van der Waals surface area contributed by atoms with Crippen molar-refractivity contribution >= 4 is 33.6 Å². The molecule has 39 heavy (non-hydrogen) atoms. The second kappa shape index (κ2) is 11.5. The molecule has 1 fully saturated rings. The van der Waals surface area contributed by atoms with Crippen LogP contribution in [0.15, 0.2) is 75.8 Å². The number of carbonyl (C=O) groups excluding carboxylic acids is 1. The molecule has 0 bridgehead atoms. The van der Waals surface area contributed by atoms with Gasteiger partial charge in [0.25, 0.3) is 5.91 Å². The molecule has 3 aromatic carbocycles. The molecule has 2 atom stereocenters. The van der Waals surface area contributed by atoms with Gasteiger partial charge >= 0.3 is 0 Å². The van der Waals surface area contributed by atoms with E-state index in [-0.39, 0.29) is 17.9 Å². The van der Waals surface area contributed by atoms with Gasteiger partial charge in [-0.25, -0.2) is 5.01 Å². The Hall–Kier alpha value is -3.78. The predicted octanol–water partition coefficient (Wildman–Crippen LogP) is 6.92. The van der Waals surface area contributed by atoms with E-state index < -0.39 is 0 Å². The number of hydrogen-bond donors (Lipinski definition) is 0. The fraction of sp³-hybridized carbons (Fsp3) is 0.290. The Kier molecular flexibility index (Phi) is 7.93. The molecular formula is C31H31BrN2O5. The van der Waals surface area contributed by atoms with E-state index in [0.29, 0.717) is 28.6 Å². The first-order valence-electron chi connectivity index (χ1n) is 12.8. The van der Waals surface area contributed by atoms with Gasteiger partial charge in [-0.1, -0.05) is 24.3 Å². The third kappa shape index (κ3) is 5.13. The van der Waals surface area contributed by atoms with Crippen molar-refractivity contribution in [2.45, 2.75) is 25.3 Å². The van der Waals surface area contributed by atoms with Crippen molar-refractivity contribution in [3.05, 3.63) is 87.4 Å². The Labute approximate surface area is 237 Å². The summed E-state index contributed by atoms with van der Waals surface area (Å²) in [4.78, 5) is 14.0. The Morgan fingerprint density at radius 2 is 1.56 bits per heavy atom. The molecular weight excluding hydrogens is 560 g/mol. The number of methoxy groups -OCH3 is 4. The summed E-state index contributed by atoms with van der Waals surface area (Å²) in [6.07, 6.45) is 4.93. The van der Waals surface area contributed by atoms with Crippen LogP contribution in [0.5, 0.6) is 23.0 Å². The third-order valence-corrected chi connectivity index (χ3v) is 8.00. The van der Waals surface area contributed by atoms with Crippen LogP contribution in [0.2, 0.25) is 0 Å². The van der Waals surface area contributed by atoms with E-state index in [2.05, 4.69) is 22.0 Å². The molecule has 0 aromatic heterocycles. The maximum Gasteiger partial charge on any atom is 0.275 e. The molecule has 7 nitrogen and oxygen atoms in total. The van der Waals surface area contributed by atoms with Crippen molar-refractivity contribution in [2.24, 2.45) is 11.0 Å². The highest BCUT2D eigenvalue weighted by atomic mass is 79.9. The van der Waals surface area contributed by atoms with E-state index in [9.17, 15) is 4.79 Å². The monoisotopic (exact) mass is 590 g/mol. The number of allylic oxidation sites excluding steroid dienone is 1. The van der Waals surface area contributed by atoms with Gasteiger partial charge in [-0.3, -0.25) is 4.79 Å². The van der Waals surface area contributed by atoms with Crippen LogP contribution < -0.4 is 18.9 Å². The van der Waals surface area contributed by atoms with Crippen molar-refractivity contribution in [3.8, 4) is 23.0 Å². The zero-order valence-electron chi connectivity index (χ0n) is 22.4. The van der Waals surface area contributed by atoms with Crippen LogP contribution in [-0.2, 0) is 0 Å². The molecule has 5 rings (SSSR count). The molecule has 0 saturated heterocycles. The summed E-state index contributed by atoms with van der Waals surface area (Å²) < 4.78 is 22.7. The Morgan fingerprint density at radius 1 is 0.897 bits per heavy atom. The third-order valence-electron chi connectivity index (χ3n) is 7.31. The van der Waals surface area contributed by atoms with E-state index in [0.717, 1.165) is 46.1 Å². The van der Waals surface area contributed by atoms with Crippen molar-refractivity contribution in [3.63, 3.8) is 0 Å². The largest absolute Gasteiger partial charge is 0.493 e. The summed E-state index contributed by atoms with van der Waals surface area (Å²) in [5, 5.41) is 6.67. The second-order valence-electron chi connectivity index (χ2n) is 9.46. The van der Waals surface area contributed by atoms with E-state index >= 15 is 0 Å². The molecule has 0 spiro atoms. The maximum atomic E-state index is 14.0. The van der Waals surface area contributed by atoms with Gasteiger partial charge in [0, 0.05) is 10.4 Å². The number of benzene rings is 3. The van der Waals surface area contributed by atoms with Crippen LogP contribution >= 0.6 is 15.9 Å². The first-order valence-corrected chi connectivity index (χ1v) is 13.6. The van der Waals surface area contributed by atoms with E-state index in [1.165, 1.54) is 0 Å². The van der Waals surface area contributed by atoms with Gasteiger partial charge in [0.1, 0.15) is 0 Å². The molecule has 0 unspecified atom stereocenters. The lowest BCUT2D eigenvalue weighted by molar-refractivity contribution is 0.0679. The molecule has 1 aliphatic heterocycles. The van der Waals surface area contributed by atoms with Crippen molar-refractivity contribution < 1.29 is 23.7 Å². The number of nitrogens with zero attached hydrogens (tertiary/aromatic N) is 2. The van der Waals surface area contributed by atoms with Crippen LogP contribution in [-0.4, -0.2) is 45.1 Å². The minimum absolute atomic E-state index is 0.0367. The lowest BCUT2D eigenvalue weighted by Crippen LogP contribution is -2.32. The molecule has 202 valence electrons.